The second kappa shape index (κ2) is 6.31. The Morgan fingerprint density at radius 1 is 1.36 bits per heavy atom. The molecule has 0 aromatic carbocycles. The van der Waals surface area contributed by atoms with Crippen LogP contribution in [0.15, 0.2) is 15.8 Å². The van der Waals surface area contributed by atoms with Crippen LogP contribution in [0.1, 0.15) is 18.9 Å². The Morgan fingerprint density at radius 3 is 2.55 bits per heavy atom. The van der Waals surface area contributed by atoms with Crippen molar-refractivity contribution in [3.05, 3.63) is 32.6 Å². The zero-order valence-electron chi connectivity index (χ0n) is 12.1. The Hall–Kier alpha value is -1.52. The summed E-state index contributed by atoms with van der Waals surface area (Å²) in [5.74, 6) is 0. The van der Waals surface area contributed by atoms with Gasteiger partial charge >= 0.3 is 5.69 Å². The van der Waals surface area contributed by atoms with E-state index in [1.807, 2.05) is 0 Å². The van der Waals surface area contributed by atoms with Crippen molar-refractivity contribution in [3.63, 3.8) is 0 Å². The minimum atomic E-state index is -1.76. The molecule has 0 saturated carbocycles. The van der Waals surface area contributed by atoms with Crippen molar-refractivity contribution < 1.29 is 25.2 Å². The smallest absolute Gasteiger partial charge is 0.330 e. The lowest BCUT2D eigenvalue weighted by Gasteiger charge is -2.33. The van der Waals surface area contributed by atoms with Crippen molar-refractivity contribution in [2.45, 2.75) is 43.8 Å². The summed E-state index contributed by atoms with van der Waals surface area (Å²) in [6.07, 6.45) is -2.70. The summed E-state index contributed by atoms with van der Waals surface area (Å²) in [5.41, 5.74) is -2.85. The maximum Gasteiger partial charge on any atom is 0.330 e. The highest BCUT2D eigenvalue weighted by Crippen LogP contribution is 2.37. The number of nitrogens with one attached hydrogen (secondary N) is 1. The molecular formula is C13H20N2O7. The molecule has 0 aliphatic carbocycles. The van der Waals surface area contributed by atoms with Crippen LogP contribution in [0.25, 0.3) is 0 Å². The van der Waals surface area contributed by atoms with Crippen molar-refractivity contribution in [2.75, 3.05) is 13.2 Å². The maximum absolute atomic E-state index is 12.1. The Labute approximate surface area is 125 Å². The van der Waals surface area contributed by atoms with Crippen molar-refractivity contribution in [1.29, 1.82) is 0 Å². The van der Waals surface area contributed by atoms with Gasteiger partial charge in [0.2, 0.25) is 0 Å². The van der Waals surface area contributed by atoms with Gasteiger partial charge in [-0.15, -0.1) is 0 Å². The van der Waals surface area contributed by atoms with E-state index < -0.39 is 48.5 Å². The third-order valence-corrected chi connectivity index (χ3v) is 3.98. The van der Waals surface area contributed by atoms with Gasteiger partial charge in [-0.1, -0.05) is 6.92 Å². The van der Waals surface area contributed by atoms with Gasteiger partial charge in [0, 0.05) is 24.8 Å². The predicted molar refractivity (Wildman–Crippen MR) is 74.3 cm³/mol. The molecule has 0 unspecified atom stereocenters. The number of H-pyrrole nitrogens is 1. The molecule has 0 bridgehead atoms. The Kier molecular flexibility index (Phi) is 4.83. The summed E-state index contributed by atoms with van der Waals surface area (Å²) >= 11 is 0. The third-order valence-electron chi connectivity index (χ3n) is 3.98. The number of nitrogens with zero attached hydrogens (tertiary/aromatic N) is 1. The molecule has 1 fully saturated rings. The number of rotatable bonds is 5. The van der Waals surface area contributed by atoms with E-state index in [0.29, 0.717) is 6.42 Å². The van der Waals surface area contributed by atoms with Crippen LogP contribution in [-0.4, -0.2) is 61.5 Å². The zero-order chi connectivity index (χ0) is 16.5. The van der Waals surface area contributed by atoms with Crippen LogP contribution in [0, 0.1) is 0 Å². The molecule has 22 heavy (non-hydrogen) atoms. The van der Waals surface area contributed by atoms with E-state index in [0.717, 1.165) is 4.57 Å². The van der Waals surface area contributed by atoms with Gasteiger partial charge in [-0.05, 0) is 6.42 Å². The van der Waals surface area contributed by atoms with E-state index in [-0.39, 0.29) is 12.0 Å². The fraction of sp³-hybridized carbons (Fsp3) is 0.692. The minimum Gasteiger partial charge on any atom is -0.396 e. The highest BCUT2D eigenvalue weighted by Gasteiger charge is 2.55. The molecule has 1 aromatic rings. The molecule has 1 aromatic heterocycles. The standard InChI is InChI=1S/C13H20N2O7/c1-2-7-5-15(12(21)14-11(7)20)13(3-4-16)10(19)9(18)8(6-17)22-13/h5,8-10,16-19H,2-4,6H2,1H3,(H,14,20,21)/t8-,9-,10-,13-/m1/s1. The monoisotopic (exact) mass is 316 g/mol. The van der Waals surface area contributed by atoms with Gasteiger partial charge in [0.15, 0.2) is 5.72 Å². The normalized spacial score (nSPS) is 31.6. The van der Waals surface area contributed by atoms with E-state index >= 15 is 0 Å². The second-order valence-corrected chi connectivity index (χ2v) is 5.23. The van der Waals surface area contributed by atoms with E-state index in [1.165, 1.54) is 6.20 Å². The van der Waals surface area contributed by atoms with Gasteiger partial charge in [-0.25, -0.2) is 4.79 Å². The fourth-order valence-corrected chi connectivity index (χ4v) is 2.75. The van der Waals surface area contributed by atoms with E-state index in [2.05, 4.69) is 4.98 Å². The van der Waals surface area contributed by atoms with Crippen LogP contribution in [0.5, 0.6) is 0 Å². The average Bonchev–Trinajstić information content (AvgIpc) is 2.73. The molecule has 9 nitrogen and oxygen atoms in total. The van der Waals surface area contributed by atoms with E-state index in [1.54, 1.807) is 6.92 Å². The van der Waals surface area contributed by atoms with Crippen molar-refractivity contribution >= 4 is 0 Å². The molecule has 0 amide bonds. The maximum atomic E-state index is 12.1. The molecule has 2 rings (SSSR count). The fourth-order valence-electron chi connectivity index (χ4n) is 2.75. The first kappa shape index (κ1) is 16.8. The number of ether oxygens (including phenoxy) is 1. The number of aromatic nitrogens is 2. The Bertz CT molecular complexity index is 640. The zero-order valence-corrected chi connectivity index (χ0v) is 12.1. The minimum absolute atomic E-state index is 0.198. The summed E-state index contributed by atoms with van der Waals surface area (Å²) in [6.45, 7) is 0.717. The van der Waals surface area contributed by atoms with Crippen LogP contribution in [0.4, 0.5) is 0 Å². The topological polar surface area (TPSA) is 145 Å². The summed E-state index contributed by atoms with van der Waals surface area (Å²) in [5, 5.41) is 38.7. The summed E-state index contributed by atoms with van der Waals surface area (Å²) < 4.78 is 6.47. The lowest BCUT2D eigenvalue weighted by atomic mass is 9.99. The first-order valence-electron chi connectivity index (χ1n) is 7.02. The van der Waals surface area contributed by atoms with Crippen molar-refractivity contribution in [2.24, 2.45) is 0 Å². The molecule has 1 saturated heterocycles. The van der Waals surface area contributed by atoms with Crippen molar-refractivity contribution in [1.82, 2.24) is 9.55 Å². The van der Waals surface area contributed by atoms with Crippen LogP contribution >= 0.6 is 0 Å². The number of hydrogen-bond acceptors (Lipinski definition) is 7. The van der Waals surface area contributed by atoms with Gasteiger partial charge in [-0.3, -0.25) is 14.3 Å². The molecule has 1 aliphatic heterocycles. The highest BCUT2D eigenvalue weighted by molar-refractivity contribution is 5.09. The predicted octanol–water partition coefficient (Wildman–Crippen LogP) is -2.75. The molecule has 0 radical (unpaired) electrons. The largest absolute Gasteiger partial charge is 0.396 e. The molecule has 9 heteroatoms. The summed E-state index contributed by atoms with van der Waals surface area (Å²) in [4.78, 5) is 25.9. The van der Waals surface area contributed by atoms with Crippen molar-refractivity contribution in [3.8, 4) is 0 Å². The first-order valence-corrected chi connectivity index (χ1v) is 7.02. The first-order chi connectivity index (χ1) is 10.4. The molecule has 0 spiro atoms. The average molecular weight is 316 g/mol. The van der Waals surface area contributed by atoms with Crippen LogP contribution in [0.3, 0.4) is 0 Å². The molecule has 2 heterocycles. The van der Waals surface area contributed by atoms with E-state index in [9.17, 15) is 30.0 Å². The van der Waals surface area contributed by atoms with Gasteiger partial charge < -0.3 is 25.2 Å². The van der Waals surface area contributed by atoms with Crippen LogP contribution in [-0.2, 0) is 16.9 Å². The highest BCUT2D eigenvalue weighted by atomic mass is 16.6. The molecule has 1 aliphatic rings. The Morgan fingerprint density at radius 2 is 2.05 bits per heavy atom. The number of aliphatic hydroxyl groups excluding tert-OH is 4. The third kappa shape index (κ3) is 2.50. The van der Waals surface area contributed by atoms with Gasteiger partial charge in [0.1, 0.15) is 18.3 Å². The van der Waals surface area contributed by atoms with Crippen LogP contribution in [0.2, 0.25) is 0 Å². The number of aryl methyl sites for hydroxylation is 1. The number of aromatic amines is 1. The van der Waals surface area contributed by atoms with E-state index in [4.69, 9.17) is 4.74 Å². The number of aliphatic hydroxyl groups is 4. The van der Waals surface area contributed by atoms with Gasteiger partial charge in [0.25, 0.3) is 5.56 Å². The van der Waals surface area contributed by atoms with Crippen LogP contribution < -0.4 is 11.2 Å². The second-order valence-electron chi connectivity index (χ2n) is 5.23. The quantitative estimate of drug-likeness (QED) is 0.396. The summed E-state index contributed by atoms with van der Waals surface area (Å²) in [7, 11) is 0. The SMILES string of the molecule is CCc1cn([C@]2(CCO)O[C@H](CO)[C@@H](O)[C@H]2O)c(=O)[nH]c1=O. The van der Waals surface area contributed by atoms with Gasteiger partial charge in [0.05, 0.1) is 6.61 Å². The Balaban J connectivity index is 2.63. The molecule has 5 N–H and O–H groups in total. The lowest BCUT2D eigenvalue weighted by molar-refractivity contribution is -0.160. The molecule has 124 valence electrons. The molecule has 4 atom stereocenters. The van der Waals surface area contributed by atoms with Gasteiger partial charge in [-0.2, -0.15) is 0 Å². The lowest BCUT2D eigenvalue weighted by Crippen LogP contribution is -2.52. The number of hydrogen-bond donors (Lipinski definition) is 5. The molecular weight excluding hydrogens is 296 g/mol. The summed E-state index contributed by atoms with van der Waals surface area (Å²) in [6, 6.07) is 0.